The fraction of sp³-hybridized carbons (Fsp3) is 0.652. The van der Waals surface area contributed by atoms with Gasteiger partial charge in [-0.05, 0) is 62.9 Å². The van der Waals surface area contributed by atoms with E-state index in [1.165, 1.54) is 32.1 Å². The standard InChI is InChI=1S/C23H31Cl2N3O2S/c24-17-8-9-18(19(25)14-17)22(30)28-20(15-31-23(28)16-6-2-1-3-7-16)21(29)26-10-13-27-11-4-5-12-27/h8-9,14,16,20,23H,1-7,10-13,15H2,(H,26,29). The Balaban J connectivity index is 1.50. The average molecular weight is 484 g/mol. The summed E-state index contributed by atoms with van der Waals surface area (Å²) in [5.41, 5.74) is 0.421. The van der Waals surface area contributed by atoms with Gasteiger partial charge in [0.2, 0.25) is 5.91 Å². The van der Waals surface area contributed by atoms with Crippen LogP contribution in [0.25, 0.3) is 0 Å². The molecular formula is C23H31Cl2N3O2S. The highest BCUT2D eigenvalue weighted by Crippen LogP contribution is 2.41. The van der Waals surface area contributed by atoms with E-state index in [0.29, 0.717) is 33.8 Å². The number of carbonyl (C=O) groups excluding carboxylic acids is 2. The summed E-state index contributed by atoms with van der Waals surface area (Å²) in [6, 6.07) is 4.50. The van der Waals surface area contributed by atoms with Crippen molar-refractivity contribution in [3.05, 3.63) is 33.8 Å². The topological polar surface area (TPSA) is 52.7 Å². The van der Waals surface area contributed by atoms with Crippen LogP contribution in [-0.4, -0.2) is 65.0 Å². The molecule has 2 unspecified atom stereocenters. The third kappa shape index (κ3) is 5.52. The van der Waals surface area contributed by atoms with E-state index >= 15 is 0 Å². The molecule has 2 amide bonds. The van der Waals surface area contributed by atoms with Crippen LogP contribution in [0.5, 0.6) is 0 Å². The fourth-order valence-corrected chi connectivity index (χ4v) is 7.16. The predicted octanol–water partition coefficient (Wildman–Crippen LogP) is 4.67. The van der Waals surface area contributed by atoms with E-state index < -0.39 is 6.04 Å². The third-order valence-electron chi connectivity index (χ3n) is 6.71. The molecule has 5 nitrogen and oxygen atoms in total. The number of amides is 2. The molecule has 3 aliphatic rings. The van der Waals surface area contributed by atoms with Crippen molar-refractivity contribution in [3.8, 4) is 0 Å². The van der Waals surface area contributed by atoms with Crippen molar-refractivity contribution in [1.82, 2.24) is 15.1 Å². The van der Waals surface area contributed by atoms with Gasteiger partial charge in [-0.1, -0.05) is 42.5 Å². The minimum absolute atomic E-state index is 0.0221. The molecule has 170 valence electrons. The van der Waals surface area contributed by atoms with Crippen LogP contribution < -0.4 is 5.32 Å². The normalized spacial score (nSPS) is 25.2. The number of benzene rings is 1. The van der Waals surface area contributed by atoms with Gasteiger partial charge in [0.1, 0.15) is 6.04 Å². The Morgan fingerprint density at radius 3 is 2.52 bits per heavy atom. The van der Waals surface area contributed by atoms with Crippen molar-refractivity contribution in [3.63, 3.8) is 0 Å². The molecule has 0 bridgehead atoms. The molecule has 1 N–H and O–H groups in total. The van der Waals surface area contributed by atoms with Crippen LogP contribution in [0.1, 0.15) is 55.3 Å². The minimum Gasteiger partial charge on any atom is -0.353 e. The van der Waals surface area contributed by atoms with Crippen molar-refractivity contribution in [2.24, 2.45) is 5.92 Å². The van der Waals surface area contributed by atoms with E-state index in [1.807, 2.05) is 4.90 Å². The van der Waals surface area contributed by atoms with Crippen LogP contribution >= 0.6 is 35.0 Å². The maximum Gasteiger partial charge on any atom is 0.256 e. The Morgan fingerprint density at radius 2 is 1.81 bits per heavy atom. The Morgan fingerprint density at radius 1 is 1.06 bits per heavy atom. The molecule has 1 aromatic carbocycles. The second kappa shape index (κ2) is 10.8. The molecule has 2 heterocycles. The summed E-state index contributed by atoms with van der Waals surface area (Å²) in [5, 5.41) is 3.95. The summed E-state index contributed by atoms with van der Waals surface area (Å²) in [6.45, 7) is 3.71. The summed E-state index contributed by atoms with van der Waals surface area (Å²) in [4.78, 5) is 31.0. The number of likely N-dealkylation sites (tertiary alicyclic amines) is 1. The van der Waals surface area contributed by atoms with Gasteiger partial charge in [0.25, 0.3) is 5.91 Å². The number of hydrogen-bond acceptors (Lipinski definition) is 4. The first-order valence-corrected chi connectivity index (χ1v) is 13.2. The van der Waals surface area contributed by atoms with E-state index in [2.05, 4.69) is 10.2 Å². The van der Waals surface area contributed by atoms with Crippen LogP contribution in [0.3, 0.4) is 0 Å². The molecule has 0 aromatic heterocycles. The van der Waals surface area contributed by atoms with E-state index in [-0.39, 0.29) is 17.2 Å². The van der Waals surface area contributed by atoms with Crippen LogP contribution in [0.4, 0.5) is 0 Å². The molecule has 4 rings (SSSR count). The van der Waals surface area contributed by atoms with Gasteiger partial charge >= 0.3 is 0 Å². The van der Waals surface area contributed by atoms with Crippen molar-refractivity contribution in [1.29, 1.82) is 0 Å². The zero-order valence-electron chi connectivity index (χ0n) is 17.8. The molecule has 2 saturated heterocycles. The highest BCUT2D eigenvalue weighted by molar-refractivity contribution is 8.00. The second-order valence-corrected chi connectivity index (χ2v) is 10.8. The molecule has 3 fully saturated rings. The monoisotopic (exact) mass is 483 g/mol. The molecule has 0 radical (unpaired) electrons. The number of nitrogens with zero attached hydrogens (tertiary/aromatic N) is 2. The zero-order chi connectivity index (χ0) is 21.8. The van der Waals surface area contributed by atoms with Gasteiger partial charge in [0, 0.05) is 23.9 Å². The van der Waals surface area contributed by atoms with E-state index in [9.17, 15) is 9.59 Å². The van der Waals surface area contributed by atoms with Gasteiger partial charge in [0.15, 0.2) is 0 Å². The van der Waals surface area contributed by atoms with Crippen molar-refractivity contribution in [2.75, 3.05) is 31.9 Å². The Kier molecular flexibility index (Phi) is 8.07. The number of carbonyl (C=O) groups is 2. The second-order valence-electron chi connectivity index (χ2n) is 8.81. The highest BCUT2D eigenvalue weighted by atomic mass is 35.5. The summed E-state index contributed by atoms with van der Waals surface area (Å²) in [5.74, 6) is 0.842. The number of thioether (sulfide) groups is 1. The smallest absolute Gasteiger partial charge is 0.256 e. The van der Waals surface area contributed by atoms with E-state index in [4.69, 9.17) is 23.2 Å². The quantitative estimate of drug-likeness (QED) is 0.638. The third-order valence-corrected chi connectivity index (χ3v) is 8.72. The van der Waals surface area contributed by atoms with Gasteiger partial charge in [-0.15, -0.1) is 11.8 Å². The summed E-state index contributed by atoms with van der Waals surface area (Å²) < 4.78 is 0. The first kappa shape index (κ1) is 23.2. The lowest BCUT2D eigenvalue weighted by Gasteiger charge is -2.35. The van der Waals surface area contributed by atoms with Gasteiger partial charge in [-0.25, -0.2) is 0 Å². The fourth-order valence-electron chi connectivity index (χ4n) is 5.03. The van der Waals surface area contributed by atoms with Crippen LogP contribution in [0.15, 0.2) is 18.2 Å². The largest absolute Gasteiger partial charge is 0.353 e. The first-order valence-electron chi connectivity index (χ1n) is 11.4. The molecule has 2 atom stereocenters. The van der Waals surface area contributed by atoms with Crippen LogP contribution in [0.2, 0.25) is 10.0 Å². The average Bonchev–Trinajstić information content (AvgIpc) is 3.44. The zero-order valence-corrected chi connectivity index (χ0v) is 20.2. The molecule has 1 aromatic rings. The Hall–Kier alpha value is -0.950. The van der Waals surface area contributed by atoms with Crippen molar-refractivity contribution in [2.45, 2.75) is 56.4 Å². The van der Waals surface area contributed by atoms with Gasteiger partial charge in [-0.3, -0.25) is 9.59 Å². The van der Waals surface area contributed by atoms with Gasteiger partial charge in [0.05, 0.1) is 16.0 Å². The van der Waals surface area contributed by atoms with Crippen molar-refractivity contribution < 1.29 is 9.59 Å². The maximum absolute atomic E-state index is 13.6. The lowest BCUT2D eigenvalue weighted by atomic mass is 9.88. The Bertz CT molecular complexity index is 797. The SMILES string of the molecule is O=C(NCCN1CCCC1)C1CSC(C2CCCCC2)N1C(=O)c1ccc(Cl)cc1Cl. The van der Waals surface area contributed by atoms with Gasteiger partial charge in [-0.2, -0.15) is 0 Å². The molecule has 1 saturated carbocycles. The van der Waals surface area contributed by atoms with E-state index in [0.717, 1.165) is 32.5 Å². The van der Waals surface area contributed by atoms with Crippen LogP contribution in [-0.2, 0) is 4.79 Å². The first-order chi connectivity index (χ1) is 15.0. The lowest BCUT2D eigenvalue weighted by Crippen LogP contribution is -2.52. The molecule has 8 heteroatoms. The Labute approximate surface area is 199 Å². The molecule has 1 aliphatic carbocycles. The number of nitrogens with one attached hydrogen (secondary N) is 1. The van der Waals surface area contributed by atoms with Crippen molar-refractivity contribution >= 4 is 46.8 Å². The van der Waals surface area contributed by atoms with Gasteiger partial charge < -0.3 is 15.1 Å². The summed E-state index contributed by atoms with van der Waals surface area (Å²) >= 11 is 14.2. The molecule has 31 heavy (non-hydrogen) atoms. The highest BCUT2D eigenvalue weighted by Gasteiger charge is 2.45. The van der Waals surface area contributed by atoms with Crippen LogP contribution in [0, 0.1) is 5.92 Å². The molecular weight excluding hydrogens is 453 g/mol. The number of hydrogen-bond donors (Lipinski definition) is 1. The minimum atomic E-state index is -0.463. The molecule has 2 aliphatic heterocycles. The van der Waals surface area contributed by atoms with E-state index in [1.54, 1.807) is 30.0 Å². The summed E-state index contributed by atoms with van der Waals surface area (Å²) in [7, 11) is 0. The number of halogens is 2. The predicted molar refractivity (Wildman–Crippen MR) is 128 cm³/mol. The lowest BCUT2D eigenvalue weighted by molar-refractivity contribution is -0.125. The molecule has 0 spiro atoms. The number of rotatable bonds is 6. The summed E-state index contributed by atoms with van der Waals surface area (Å²) in [6.07, 6.45) is 8.33. The maximum atomic E-state index is 13.6.